The van der Waals surface area contributed by atoms with Crippen molar-refractivity contribution >= 4 is 29.2 Å². The number of hydrogen-bond acceptors (Lipinski definition) is 5. The topological polar surface area (TPSA) is 58.1 Å². The molecule has 1 atom stereocenters. The molecule has 154 valence electrons. The van der Waals surface area contributed by atoms with Gasteiger partial charge in [-0.1, -0.05) is 47.2 Å². The van der Waals surface area contributed by atoms with Crippen LogP contribution in [0.5, 0.6) is 0 Å². The molecule has 0 saturated carbocycles. The van der Waals surface area contributed by atoms with E-state index in [-0.39, 0.29) is 11.8 Å². The molecule has 1 aromatic heterocycles. The summed E-state index contributed by atoms with van der Waals surface area (Å²) in [6.07, 6.45) is 5.29. The molecule has 1 saturated heterocycles. The number of carbonyl (C=O) groups is 1. The van der Waals surface area contributed by atoms with Gasteiger partial charge >= 0.3 is 0 Å². The number of carbonyl (C=O) groups excluding carboxylic acids is 1. The lowest BCUT2D eigenvalue weighted by Crippen LogP contribution is -2.41. The van der Waals surface area contributed by atoms with Crippen LogP contribution in [0.2, 0.25) is 0 Å². The minimum Gasteiger partial charge on any atom is -0.354 e. The number of hydrogen-bond donors (Lipinski definition) is 1. The fourth-order valence-electron chi connectivity index (χ4n) is 3.59. The van der Waals surface area contributed by atoms with Crippen molar-refractivity contribution in [1.82, 2.24) is 9.97 Å². The predicted octanol–water partition coefficient (Wildman–Crippen LogP) is 5.10. The van der Waals surface area contributed by atoms with Gasteiger partial charge in [-0.15, -0.1) is 0 Å². The maximum Gasteiger partial charge on any atom is 0.229 e. The number of benzene rings is 2. The van der Waals surface area contributed by atoms with Gasteiger partial charge in [-0.25, -0.2) is 9.97 Å². The summed E-state index contributed by atoms with van der Waals surface area (Å²) in [6, 6.07) is 16.3. The van der Waals surface area contributed by atoms with Crippen LogP contribution in [0.1, 0.15) is 24.0 Å². The molecule has 1 N–H and O–H groups in total. The number of piperidine rings is 1. The quantitative estimate of drug-likeness (QED) is 0.625. The van der Waals surface area contributed by atoms with Crippen molar-refractivity contribution in [2.75, 3.05) is 23.3 Å². The fraction of sp³-hybridized carbons (Fsp3) is 0.292. The Morgan fingerprint density at radius 2 is 1.67 bits per heavy atom. The van der Waals surface area contributed by atoms with E-state index in [0.717, 1.165) is 40.8 Å². The number of anilines is 2. The smallest absolute Gasteiger partial charge is 0.229 e. The first-order valence-electron chi connectivity index (χ1n) is 10.3. The monoisotopic (exact) mass is 418 g/mol. The largest absolute Gasteiger partial charge is 0.354 e. The molecule has 1 amide bonds. The molecule has 2 heterocycles. The number of aryl methyl sites for hydroxylation is 2. The summed E-state index contributed by atoms with van der Waals surface area (Å²) in [5.41, 5.74) is 3.26. The summed E-state index contributed by atoms with van der Waals surface area (Å²) in [4.78, 5) is 25.4. The second-order valence-electron chi connectivity index (χ2n) is 7.74. The minimum atomic E-state index is -0.0701. The Kier molecular flexibility index (Phi) is 6.33. The second-order valence-corrected chi connectivity index (χ2v) is 8.80. The number of nitrogens with one attached hydrogen (secondary N) is 1. The normalized spacial score (nSPS) is 16.3. The van der Waals surface area contributed by atoms with E-state index in [2.05, 4.69) is 51.4 Å². The molecule has 0 spiro atoms. The lowest BCUT2D eigenvalue weighted by molar-refractivity contribution is -0.120. The third-order valence-electron chi connectivity index (χ3n) is 5.29. The summed E-state index contributed by atoms with van der Waals surface area (Å²) in [6.45, 7) is 5.65. The van der Waals surface area contributed by atoms with Crippen molar-refractivity contribution in [3.63, 3.8) is 0 Å². The summed E-state index contributed by atoms with van der Waals surface area (Å²) in [5.74, 6) is 0.857. The van der Waals surface area contributed by atoms with E-state index in [9.17, 15) is 4.79 Å². The molecule has 1 fully saturated rings. The SMILES string of the molecule is Cc1ccc(NC(=O)[C@@H]2CCCN(c3nccnc3Sc3ccc(C)cc3)C2)cc1. The Morgan fingerprint density at radius 1 is 1.00 bits per heavy atom. The number of aromatic nitrogens is 2. The van der Waals surface area contributed by atoms with Gasteiger partial charge < -0.3 is 10.2 Å². The average Bonchev–Trinajstić information content (AvgIpc) is 2.77. The first-order chi connectivity index (χ1) is 14.6. The van der Waals surface area contributed by atoms with Gasteiger partial charge in [0.2, 0.25) is 5.91 Å². The highest BCUT2D eigenvalue weighted by molar-refractivity contribution is 7.99. The first-order valence-corrected chi connectivity index (χ1v) is 11.1. The fourth-order valence-corrected chi connectivity index (χ4v) is 4.47. The van der Waals surface area contributed by atoms with Gasteiger partial charge in [-0.2, -0.15) is 0 Å². The lowest BCUT2D eigenvalue weighted by atomic mass is 9.97. The van der Waals surface area contributed by atoms with E-state index in [0.29, 0.717) is 6.54 Å². The molecular formula is C24H26N4OS. The van der Waals surface area contributed by atoms with Crippen LogP contribution in [-0.2, 0) is 4.79 Å². The van der Waals surface area contributed by atoms with Gasteiger partial charge in [0.25, 0.3) is 0 Å². The molecule has 1 aliphatic rings. The molecule has 30 heavy (non-hydrogen) atoms. The number of rotatable bonds is 5. The third-order valence-corrected chi connectivity index (χ3v) is 6.28. The van der Waals surface area contributed by atoms with E-state index < -0.39 is 0 Å². The molecule has 4 rings (SSSR count). The number of amides is 1. The van der Waals surface area contributed by atoms with Crippen LogP contribution in [-0.4, -0.2) is 29.0 Å². The predicted molar refractivity (Wildman–Crippen MR) is 122 cm³/mol. The third kappa shape index (κ3) is 5.00. The lowest BCUT2D eigenvalue weighted by Gasteiger charge is -2.33. The summed E-state index contributed by atoms with van der Waals surface area (Å²) in [5, 5.41) is 3.94. The van der Waals surface area contributed by atoms with Crippen LogP contribution in [0.3, 0.4) is 0 Å². The molecule has 0 radical (unpaired) electrons. The van der Waals surface area contributed by atoms with Gasteiger partial charge in [0, 0.05) is 36.1 Å². The molecule has 6 heteroatoms. The van der Waals surface area contributed by atoms with Crippen LogP contribution in [0.25, 0.3) is 0 Å². The Morgan fingerprint density at radius 3 is 2.40 bits per heavy atom. The zero-order valence-corrected chi connectivity index (χ0v) is 18.2. The minimum absolute atomic E-state index is 0.0696. The zero-order chi connectivity index (χ0) is 20.9. The van der Waals surface area contributed by atoms with Gasteiger partial charge in [0.05, 0.1) is 5.92 Å². The van der Waals surface area contributed by atoms with Gasteiger partial charge in [-0.3, -0.25) is 4.79 Å². The van der Waals surface area contributed by atoms with Crippen molar-refractivity contribution in [1.29, 1.82) is 0 Å². The van der Waals surface area contributed by atoms with Crippen molar-refractivity contribution in [2.45, 2.75) is 36.6 Å². The van der Waals surface area contributed by atoms with Crippen LogP contribution in [0.4, 0.5) is 11.5 Å². The Bertz CT molecular complexity index is 1000. The van der Waals surface area contributed by atoms with Gasteiger partial charge in [0.1, 0.15) is 5.03 Å². The van der Waals surface area contributed by atoms with Crippen LogP contribution in [0.15, 0.2) is 70.8 Å². The molecule has 0 aliphatic carbocycles. The van der Waals surface area contributed by atoms with E-state index in [1.807, 2.05) is 31.2 Å². The maximum absolute atomic E-state index is 12.9. The maximum atomic E-state index is 12.9. The average molecular weight is 419 g/mol. The van der Waals surface area contributed by atoms with Crippen molar-refractivity contribution in [3.8, 4) is 0 Å². The van der Waals surface area contributed by atoms with E-state index in [1.54, 1.807) is 24.2 Å². The van der Waals surface area contributed by atoms with Crippen LogP contribution in [0, 0.1) is 19.8 Å². The first kappa shape index (κ1) is 20.4. The van der Waals surface area contributed by atoms with E-state index >= 15 is 0 Å². The van der Waals surface area contributed by atoms with Gasteiger partial charge in [0.15, 0.2) is 5.82 Å². The summed E-state index contributed by atoms with van der Waals surface area (Å²) >= 11 is 1.61. The Balaban J connectivity index is 1.47. The van der Waals surface area contributed by atoms with Crippen LogP contribution < -0.4 is 10.2 Å². The molecule has 5 nitrogen and oxygen atoms in total. The highest BCUT2D eigenvalue weighted by atomic mass is 32.2. The van der Waals surface area contributed by atoms with Crippen LogP contribution >= 0.6 is 11.8 Å². The zero-order valence-electron chi connectivity index (χ0n) is 17.3. The highest BCUT2D eigenvalue weighted by Crippen LogP contribution is 2.34. The van der Waals surface area contributed by atoms with Crippen molar-refractivity contribution in [3.05, 3.63) is 72.1 Å². The molecule has 0 bridgehead atoms. The molecule has 2 aromatic carbocycles. The molecule has 1 aliphatic heterocycles. The van der Waals surface area contributed by atoms with E-state index in [4.69, 9.17) is 0 Å². The van der Waals surface area contributed by atoms with E-state index in [1.165, 1.54) is 11.1 Å². The van der Waals surface area contributed by atoms with Gasteiger partial charge in [-0.05, 0) is 51.0 Å². The molecule has 3 aromatic rings. The second kappa shape index (κ2) is 9.30. The Labute approximate surface area is 181 Å². The Hall–Kier alpha value is -2.86. The number of nitrogens with zero attached hydrogens (tertiary/aromatic N) is 3. The van der Waals surface area contributed by atoms with Crippen molar-refractivity contribution < 1.29 is 4.79 Å². The summed E-state index contributed by atoms with van der Waals surface area (Å²) < 4.78 is 0. The molecular weight excluding hydrogens is 392 g/mol. The highest BCUT2D eigenvalue weighted by Gasteiger charge is 2.28. The summed E-state index contributed by atoms with van der Waals surface area (Å²) in [7, 11) is 0. The van der Waals surface area contributed by atoms with Crippen molar-refractivity contribution in [2.24, 2.45) is 5.92 Å². The molecule has 0 unspecified atom stereocenters. The standard InChI is InChI=1S/C24H26N4OS/c1-17-5-9-20(10-6-17)27-23(29)19-4-3-15-28(16-19)22-24(26-14-13-25-22)30-21-11-7-18(2)8-12-21/h5-14,19H,3-4,15-16H2,1-2H3,(H,27,29)/t19-/m1/s1.